The third-order valence-electron chi connectivity index (χ3n) is 2.70. The Morgan fingerprint density at radius 1 is 1.47 bits per heavy atom. The van der Waals surface area contributed by atoms with Crippen molar-refractivity contribution in [3.8, 4) is 0 Å². The number of amides is 1. The minimum atomic E-state index is 0.00760. The van der Waals surface area contributed by atoms with Gasteiger partial charge in [-0.25, -0.2) is 0 Å². The van der Waals surface area contributed by atoms with Gasteiger partial charge in [0.15, 0.2) is 0 Å². The lowest BCUT2D eigenvalue weighted by atomic mass is 10.1. The number of hydrogen-bond donors (Lipinski definition) is 2. The summed E-state index contributed by atoms with van der Waals surface area (Å²) in [4.78, 5) is 12.0. The molecule has 0 saturated heterocycles. The lowest BCUT2D eigenvalue weighted by Crippen LogP contribution is -2.30. The molecule has 0 aromatic heterocycles. The fourth-order valence-corrected chi connectivity index (χ4v) is 2.22. The fraction of sp³-hybridized carbons (Fsp3) is 0.462. The number of nitrogens with one attached hydrogen (secondary N) is 2. The Bertz CT molecular complexity index is 393. The van der Waals surface area contributed by atoms with Gasteiger partial charge in [-0.2, -0.15) is 0 Å². The zero-order valence-electron chi connectivity index (χ0n) is 10.5. The Hall–Kier alpha value is -0.870. The van der Waals surface area contributed by atoms with Crippen molar-refractivity contribution < 1.29 is 4.79 Å². The first-order chi connectivity index (χ1) is 8.08. The average Bonchev–Trinajstić information content (AvgIpc) is 2.29. The van der Waals surface area contributed by atoms with E-state index in [9.17, 15) is 4.79 Å². The molecule has 1 aromatic carbocycles. The van der Waals surface area contributed by atoms with Crippen molar-refractivity contribution in [1.82, 2.24) is 5.32 Å². The van der Waals surface area contributed by atoms with Crippen molar-refractivity contribution in [2.75, 3.05) is 18.9 Å². The molecule has 1 rings (SSSR count). The number of carbonyl (C=O) groups excluding carboxylic acids is 1. The van der Waals surface area contributed by atoms with Gasteiger partial charge >= 0.3 is 0 Å². The minimum absolute atomic E-state index is 0.00760. The highest BCUT2D eigenvalue weighted by molar-refractivity contribution is 9.10. The summed E-state index contributed by atoms with van der Waals surface area (Å²) in [7, 11) is 1.86. The molecule has 3 nitrogen and oxygen atoms in total. The molecule has 0 fully saturated rings. The van der Waals surface area contributed by atoms with E-state index in [4.69, 9.17) is 0 Å². The molecule has 0 heterocycles. The molecule has 4 heteroatoms. The Kier molecular flexibility index (Phi) is 5.65. The van der Waals surface area contributed by atoms with Gasteiger partial charge in [-0.05, 0) is 54.0 Å². The summed E-state index contributed by atoms with van der Waals surface area (Å²) in [6.45, 7) is 4.74. The zero-order valence-corrected chi connectivity index (χ0v) is 12.1. The lowest BCUT2D eigenvalue weighted by Gasteiger charge is -2.15. The van der Waals surface area contributed by atoms with Crippen molar-refractivity contribution in [1.29, 1.82) is 0 Å². The van der Waals surface area contributed by atoms with Crippen LogP contribution in [0.3, 0.4) is 0 Å². The predicted octanol–water partition coefficient (Wildman–Crippen LogP) is 2.94. The van der Waals surface area contributed by atoms with Gasteiger partial charge < -0.3 is 10.6 Å². The number of rotatable bonds is 5. The highest BCUT2D eigenvalue weighted by Gasteiger charge is 2.16. The molecule has 1 unspecified atom stereocenters. The second-order valence-electron chi connectivity index (χ2n) is 4.14. The van der Waals surface area contributed by atoms with Crippen LogP contribution in [0.2, 0.25) is 0 Å². The van der Waals surface area contributed by atoms with Crippen LogP contribution < -0.4 is 10.6 Å². The average molecular weight is 299 g/mol. The molecule has 0 spiro atoms. The molecule has 17 heavy (non-hydrogen) atoms. The third kappa shape index (κ3) is 4.13. The van der Waals surface area contributed by atoms with Crippen LogP contribution in [0.15, 0.2) is 22.7 Å². The topological polar surface area (TPSA) is 41.1 Å². The smallest absolute Gasteiger partial charge is 0.228 e. The van der Waals surface area contributed by atoms with E-state index < -0.39 is 0 Å². The van der Waals surface area contributed by atoms with Crippen LogP contribution in [0, 0.1) is 12.8 Å². The van der Waals surface area contributed by atoms with Gasteiger partial charge in [0.2, 0.25) is 5.91 Å². The summed E-state index contributed by atoms with van der Waals surface area (Å²) in [5.41, 5.74) is 1.99. The second-order valence-corrected chi connectivity index (χ2v) is 4.99. The summed E-state index contributed by atoms with van der Waals surface area (Å²) in [5.74, 6) is 0.0691. The first-order valence-corrected chi connectivity index (χ1v) is 6.59. The van der Waals surface area contributed by atoms with Crippen molar-refractivity contribution >= 4 is 27.5 Å². The second kappa shape index (κ2) is 6.77. The molecule has 0 bridgehead atoms. The molecule has 0 radical (unpaired) electrons. The van der Waals surface area contributed by atoms with Crippen molar-refractivity contribution in [2.24, 2.45) is 5.92 Å². The van der Waals surface area contributed by atoms with Crippen LogP contribution in [-0.2, 0) is 4.79 Å². The molecule has 1 aromatic rings. The Morgan fingerprint density at radius 2 is 2.18 bits per heavy atom. The molecule has 0 saturated carbocycles. The normalized spacial score (nSPS) is 12.2. The number of benzene rings is 1. The van der Waals surface area contributed by atoms with E-state index in [1.807, 2.05) is 39.1 Å². The van der Waals surface area contributed by atoms with Gasteiger partial charge in [0, 0.05) is 11.0 Å². The molecule has 1 amide bonds. The number of anilines is 1. The Morgan fingerprint density at radius 3 is 2.71 bits per heavy atom. The maximum Gasteiger partial charge on any atom is 0.228 e. The van der Waals surface area contributed by atoms with Gasteiger partial charge in [0.25, 0.3) is 0 Å². The zero-order chi connectivity index (χ0) is 12.8. The van der Waals surface area contributed by atoms with Gasteiger partial charge in [0.1, 0.15) is 0 Å². The molecular formula is C13H19BrN2O. The van der Waals surface area contributed by atoms with Crippen LogP contribution in [0.5, 0.6) is 0 Å². The van der Waals surface area contributed by atoms with E-state index in [2.05, 4.69) is 26.6 Å². The highest BCUT2D eigenvalue weighted by Crippen LogP contribution is 2.24. The minimum Gasteiger partial charge on any atom is -0.325 e. The largest absolute Gasteiger partial charge is 0.325 e. The predicted molar refractivity (Wildman–Crippen MR) is 75.2 cm³/mol. The fourth-order valence-electron chi connectivity index (χ4n) is 1.63. The molecule has 0 aliphatic carbocycles. The molecular weight excluding hydrogens is 280 g/mol. The monoisotopic (exact) mass is 298 g/mol. The maximum atomic E-state index is 12.0. The molecule has 1 atom stereocenters. The van der Waals surface area contributed by atoms with Crippen molar-refractivity contribution in [3.05, 3.63) is 28.2 Å². The van der Waals surface area contributed by atoms with E-state index in [0.717, 1.165) is 22.1 Å². The Balaban J connectivity index is 2.73. The number of hydrogen-bond acceptors (Lipinski definition) is 2. The van der Waals surface area contributed by atoms with Crippen LogP contribution in [0.1, 0.15) is 18.9 Å². The SMILES string of the molecule is CCC(CNC)C(=O)Nc1ccc(C)cc1Br. The van der Waals surface area contributed by atoms with Gasteiger partial charge in [-0.1, -0.05) is 13.0 Å². The highest BCUT2D eigenvalue weighted by atomic mass is 79.9. The quantitative estimate of drug-likeness (QED) is 0.877. The first-order valence-electron chi connectivity index (χ1n) is 5.80. The van der Waals surface area contributed by atoms with Crippen LogP contribution in [-0.4, -0.2) is 19.5 Å². The summed E-state index contributed by atoms with van der Waals surface area (Å²) < 4.78 is 0.921. The van der Waals surface area contributed by atoms with E-state index in [0.29, 0.717) is 6.54 Å². The van der Waals surface area contributed by atoms with Crippen molar-refractivity contribution in [3.63, 3.8) is 0 Å². The molecule has 0 aliphatic rings. The van der Waals surface area contributed by atoms with E-state index in [1.54, 1.807) is 0 Å². The Labute approximate surface area is 111 Å². The lowest BCUT2D eigenvalue weighted by molar-refractivity contribution is -0.119. The van der Waals surface area contributed by atoms with Gasteiger partial charge in [0.05, 0.1) is 11.6 Å². The number of carbonyl (C=O) groups is 1. The summed E-state index contributed by atoms with van der Waals surface area (Å²) >= 11 is 3.46. The summed E-state index contributed by atoms with van der Waals surface area (Å²) in [6, 6.07) is 5.90. The van der Waals surface area contributed by atoms with Gasteiger partial charge in [-0.15, -0.1) is 0 Å². The molecule has 0 aliphatic heterocycles. The molecule has 94 valence electrons. The van der Waals surface area contributed by atoms with Crippen molar-refractivity contribution in [2.45, 2.75) is 20.3 Å². The number of aryl methyl sites for hydroxylation is 1. The maximum absolute atomic E-state index is 12.0. The first kappa shape index (κ1) is 14.2. The van der Waals surface area contributed by atoms with E-state index in [1.165, 1.54) is 0 Å². The molecule has 2 N–H and O–H groups in total. The standard InChI is InChI=1S/C13H19BrN2O/c1-4-10(8-15-3)13(17)16-12-6-5-9(2)7-11(12)14/h5-7,10,15H,4,8H2,1-3H3,(H,16,17). The number of halogens is 1. The van der Waals surface area contributed by atoms with E-state index >= 15 is 0 Å². The van der Waals surface area contributed by atoms with Crippen LogP contribution in [0.4, 0.5) is 5.69 Å². The summed E-state index contributed by atoms with van der Waals surface area (Å²) in [5, 5.41) is 5.98. The summed E-state index contributed by atoms with van der Waals surface area (Å²) in [6.07, 6.45) is 0.830. The van der Waals surface area contributed by atoms with Crippen LogP contribution >= 0.6 is 15.9 Å². The third-order valence-corrected chi connectivity index (χ3v) is 3.35. The van der Waals surface area contributed by atoms with Gasteiger partial charge in [-0.3, -0.25) is 4.79 Å². The van der Waals surface area contributed by atoms with Crippen LogP contribution in [0.25, 0.3) is 0 Å². The van der Waals surface area contributed by atoms with E-state index in [-0.39, 0.29) is 11.8 Å².